The van der Waals surface area contributed by atoms with Crippen molar-refractivity contribution in [2.24, 2.45) is 0 Å². The number of carbonyl (C=O) groups is 1. The van der Waals surface area contributed by atoms with E-state index < -0.39 is 5.24 Å². The molecule has 0 aliphatic carbocycles. The molecule has 0 fully saturated rings. The second-order valence-corrected chi connectivity index (χ2v) is 4.14. The summed E-state index contributed by atoms with van der Waals surface area (Å²) in [5.41, 5.74) is 2.69. The highest BCUT2D eigenvalue weighted by molar-refractivity contribution is 6.68. The molecule has 0 saturated heterocycles. The van der Waals surface area contributed by atoms with E-state index >= 15 is 0 Å². The number of carbonyl (C=O) groups excluding carboxylic acids is 1. The summed E-state index contributed by atoms with van der Waals surface area (Å²) in [6.45, 7) is 0. The number of hydrogen-bond acceptors (Lipinski definition) is 3. The van der Waals surface area contributed by atoms with Gasteiger partial charge in [0.25, 0.3) is 5.24 Å². The summed E-state index contributed by atoms with van der Waals surface area (Å²) < 4.78 is 0. The van der Waals surface area contributed by atoms with E-state index in [1.807, 2.05) is 18.2 Å². The van der Waals surface area contributed by atoms with E-state index in [2.05, 4.69) is 15.0 Å². The van der Waals surface area contributed by atoms with Crippen LogP contribution in [-0.4, -0.2) is 20.2 Å². The monoisotopic (exact) mass is 257 g/mol. The van der Waals surface area contributed by atoms with Crippen molar-refractivity contribution in [3.63, 3.8) is 0 Å². The molecule has 0 spiro atoms. The zero-order valence-corrected chi connectivity index (χ0v) is 9.98. The lowest BCUT2D eigenvalue weighted by Crippen LogP contribution is -1.89. The van der Waals surface area contributed by atoms with Crippen molar-refractivity contribution in [2.75, 3.05) is 0 Å². The van der Waals surface area contributed by atoms with Gasteiger partial charge < -0.3 is 4.98 Å². The molecule has 3 aromatic rings. The van der Waals surface area contributed by atoms with Crippen LogP contribution in [0.2, 0.25) is 0 Å². The topological polar surface area (TPSA) is 58.6 Å². The maximum Gasteiger partial charge on any atom is 0.254 e. The van der Waals surface area contributed by atoms with Crippen LogP contribution < -0.4 is 0 Å². The fourth-order valence-corrected chi connectivity index (χ4v) is 1.99. The zero-order valence-electron chi connectivity index (χ0n) is 9.22. The van der Waals surface area contributed by atoms with Crippen LogP contribution in [0.25, 0.3) is 22.4 Å². The number of rotatable bonds is 2. The Kier molecular flexibility index (Phi) is 2.57. The largest absolute Gasteiger partial charge is 0.338 e. The number of fused-ring (bicyclic) bond motifs is 1. The molecule has 1 aromatic carbocycles. The number of imidazole rings is 1. The standard InChI is InChI=1S/C13H8ClN3O/c14-12(18)9-2-1-3-10-11(9)17-13(16-10)8-4-6-15-7-5-8/h1-7H,(H,16,17). The molecule has 0 unspecified atom stereocenters. The minimum Gasteiger partial charge on any atom is -0.338 e. The second-order valence-electron chi connectivity index (χ2n) is 3.80. The number of H-pyrrole nitrogens is 1. The quantitative estimate of drug-likeness (QED) is 0.718. The molecular weight excluding hydrogens is 250 g/mol. The summed E-state index contributed by atoms with van der Waals surface area (Å²) >= 11 is 5.53. The van der Waals surface area contributed by atoms with Crippen LogP contribution in [0.4, 0.5) is 0 Å². The lowest BCUT2D eigenvalue weighted by molar-refractivity contribution is 0.108. The molecule has 2 heterocycles. The maximum atomic E-state index is 11.3. The van der Waals surface area contributed by atoms with Gasteiger partial charge in [-0.05, 0) is 35.9 Å². The molecule has 1 N–H and O–H groups in total. The van der Waals surface area contributed by atoms with E-state index in [9.17, 15) is 4.79 Å². The minimum absolute atomic E-state index is 0.408. The van der Waals surface area contributed by atoms with Crippen molar-refractivity contribution in [1.82, 2.24) is 15.0 Å². The van der Waals surface area contributed by atoms with Crippen LogP contribution in [0.5, 0.6) is 0 Å². The Hall–Kier alpha value is -2.20. The first-order valence-electron chi connectivity index (χ1n) is 5.34. The molecule has 4 nitrogen and oxygen atoms in total. The number of pyridine rings is 1. The minimum atomic E-state index is -0.506. The SMILES string of the molecule is O=C(Cl)c1cccc2[nH]c(-c3ccncc3)nc12. The molecule has 88 valence electrons. The third kappa shape index (κ3) is 1.76. The molecule has 0 radical (unpaired) electrons. The number of aromatic amines is 1. The lowest BCUT2D eigenvalue weighted by Gasteiger charge is -1.93. The van der Waals surface area contributed by atoms with Gasteiger partial charge in [0.2, 0.25) is 0 Å². The van der Waals surface area contributed by atoms with Crippen molar-refractivity contribution < 1.29 is 4.79 Å². The number of aromatic nitrogens is 3. The molecule has 0 bridgehead atoms. The van der Waals surface area contributed by atoms with E-state index in [0.717, 1.165) is 11.1 Å². The van der Waals surface area contributed by atoms with Crippen molar-refractivity contribution in [3.8, 4) is 11.4 Å². The number of nitrogens with zero attached hydrogens (tertiary/aromatic N) is 2. The van der Waals surface area contributed by atoms with E-state index in [4.69, 9.17) is 11.6 Å². The summed E-state index contributed by atoms with van der Waals surface area (Å²) in [6, 6.07) is 8.98. The van der Waals surface area contributed by atoms with Crippen LogP contribution in [0.15, 0.2) is 42.7 Å². The molecule has 0 aliphatic heterocycles. The molecular formula is C13H8ClN3O. The predicted molar refractivity (Wildman–Crippen MR) is 69.5 cm³/mol. The van der Waals surface area contributed by atoms with Gasteiger partial charge in [-0.15, -0.1) is 0 Å². The van der Waals surface area contributed by atoms with Crippen molar-refractivity contribution >= 4 is 27.9 Å². The van der Waals surface area contributed by atoms with Gasteiger partial charge in [0.1, 0.15) is 11.3 Å². The number of benzene rings is 1. The first-order valence-corrected chi connectivity index (χ1v) is 5.72. The maximum absolute atomic E-state index is 11.3. The Morgan fingerprint density at radius 3 is 2.67 bits per heavy atom. The van der Waals surface area contributed by atoms with Gasteiger partial charge in [0.15, 0.2) is 0 Å². The molecule has 0 saturated carbocycles. The van der Waals surface area contributed by atoms with E-state index in [1.54, 1.807) is 24.5 Å². The third-order valence-corrected chi connectivity index (χ3v) is 2.88. The Morgan fingerprint density at radius 1 is 1.17 bits per heavy atom. The number of halogens is 1. The summed E-state index contributed by atoms with van der Waals surface area (Å²) in [4.78, 5) is 22.8. The van der Waals surface area contributed by atoms with Gasteiger partial charge in [0, 0.05) is 18.0 Å². The first kappa shape index (κ1) is 10.9. The van der Waals surface area contributed by atoms with Gasteiger partial charge in [0.05, 0.1) is 11.1 Å². The Bertz CT molecular complexity index is 721. The molecule has 3 rings (SSSR count). The zero-order chi connectivity index (χ0) is 12.5. The highest BCUT2D eigenvalue weighted by atomic mass is 35.5. The molecule has 2 aromatic heterocycles. The Balaban J connectivity index is 2.23. The predicted octanol–water partition coefficient (Wildman–Crippen LogP) is 3.00. The molecule has 0 amide bonds. The fourth-order valence-electron chi connectivity index (χ4n) is 1.84. The van der Waals surface area contributed by atoms with Crippen molar-refractivity contribution in [1.29, 1.82) is 0 Å². The smallest absolute Gasteiger partial charge is 0.254 e. The molecule has 18 heavy (non-hydrogen) atoms. The number of nitrogens with one attached hydrogen (secondary N) is 1. The van der Waals surface area contributed by atoms with Gasteiger partial charge in [-0.2, -0.15) is 0 Å². The van der Waals surface area contributed by atoms with E-state index in [1.165, 1.54) is 0 Å². The van der Waals surface area contributed by atoms with Crippen LogP contribution in [-0.2, 0) is 0 Å². The molecule has 5 heteroatoms. The highest BCUT2D eigenvalue weighted by Crippen LogP contribution is 2.23. The summed E-state index contributed by atoms with van der Waals surface area (Å²) in [6.07, 6.45) is 3.38. The summed E-state index contributed by atoms with van der Waals surface area (Å²) in [7, 11) is 0. The van der Waals surface area contributed by atoms with Crippen LogP contribution in [0.1, 0.15) is 10.4 Å². The first-order chi connectivity index (χ1) is 8.75. The van der Waals surface area contributed by atoms with Crippen molar-refractivity contribution in [2.45, 2.75) is 0 Å². The molecule has 0 aliphatic rings. The van der Waals surface area contributed by atoms with Gasteiger partial charge in [-0.3, -0.25) is 9.78 Å². The van der Waals surface area contributed by atoms with Gasteiger partial charge in [-0.25, -0.2) is 4.98 Å². The van der Waals surface area contributed by atoms with Crippen LogP contribution in [0.3, 0.4) is 0 Å². The van der Waals surface area contributed by atoms with Crippen LogP contribution in [0, 0.1) is 0 Å². The Morgan fingerprint density at radius 2 is 1.94 bits per heavy atom. The van der Waals surface area contributed by atoms with Gasteiger partial charge in [-0.1, -0.05) is 6.07 Å². The average molecular weight is 258 g/mol. The number of hydrogen-bond donors (Lipinski definition) is 1. The molecule has 0 atom stereocenters. The third-order valence-electron chi connectivity index (χ3n) is 2.68. The normalized spacial score (nSPS) is 10.7. The lowest BCUT2D eigenvalue weighted by atomic mass is 10.2. The van der Waals surface area contributed by atoms with E-state index in [0.29, 0.717) is 16.9 Å². The fraction of sp³-hybridized carbons (Fsp3) is 0. The highest BCUT2D eigenvalue weighted by Gasteiger charge is 2.12. The Labute approximate surface area is 108 Å². The van der Waals surface area contributed by atoms with Gasteiger partial charge >= 0.3 is 0 Å². The average Bonchev–Trinajstić information content (AvgIpc) is 2.83. The number of para-hydroxylation sites is 1. The van der Waals surface area contributed by atoms with E-state index in [-0.39, 0.29) is 0 Å². The van der Waals surface area contributed by atoms with Crippen molar-refractivity contribution in [3.05, 3.63) is 48.3 Å². The van der Waals surface area contributed by atoms with Crippen LogP contribution >= 0.6 is 11.6 Å². The second kappa shape index (κ2) is 4.23. The summed E-state index contributed by atoms with van der Waals surface area (Å²) in [5, 5.41) is -0.506. The summed E-state index contributed by atoms with van der Waals surface area (Å²) in [5.74, 6) is 0.692.